The normalized spacial score (nSPS) is 10.3. The van der Waals surface area contributed by atoms with Gasteiger partial charge in [-0.15, -0.1) is 0 Å². The quantitative estimate of drug-likeness (QED) is 0.870. The Labute approximate surface area is 97.8 Å². The molecule has 2 rings (SSSR count). The van der Waals surface area contributed by atoms with E-state index in [0.717, 1.165) is 11.0 Å². The second kappa shape index (κ2) is 4.53. The van der Waals surface area contributed by atoms with E-state index in [1.54, 1.807) is 0 Å². The number of hydrogen-bond donors (Lipinski definition) is 2. The summed E-state index contributed by atoms with van der Waals surface area (Å²) >= 11 is 3.45. The Balaban J connectivity index is 2.05. The van der Waals surface area contributed by atoms with Gasteiger partial charge in [0.25, 0.3) is 0 Å². The van der Waals surface area contributed by atoms with Crippen LogP contribution in [0.1, 0.15) is 11.1 Å². The molecule has 2 N–H and O–H groups in total. The maximum atomic E-state index is 3.45. The first-order chi connectivity index (χ1) is 7.25. The van der Waals surface area contributed by atoms with Crippen molar-refractivity contribution in [2.24, 2.45) is 0 Å². The van der Waals surface area contributed by atoms with Crippen LogP contribution < -0.4 is 5.32 Å². The number of halogens is 1. The zero-order chi connectivity index (χ0) is 10.7. The summed E-state index contributed by atoms with van der Waals surface area (Å²) in [6, 6.07) is 8.32. The smallest absolute Gasteiger partial charge is 0.0415 e. The van der Waals surface area contributed by atoms with Crippen molar-refractivity contribution in [3.05, 3.63) is 52.3 Å². The molecule has 0 aliphatic rings. The fourth-order valence-corrected chi connectivity index (χ4v) is 1.97. The molecule has 0 unspecified atom stereocenters. The third kappa shape index (κ3) is 2.63. The third-order valence-corrected chi connectivity index (χ3v) is 2.83. The molecule has 1 heterocycles. The molecule has 15 heavy (non-hydrogen) atoms. The third-order valence-electron chi connectivity index (χ3n) is 2.33. The van der Waals surface area contributed by atoms with Crippen molar-refractivity contribution in [2.45, 2.75) is 13.5 Å². The van der Waals surface area contributed by atoms with Crippen LogP contribution in [-0.4, -0.2) is 4.98 Å². The van der Waals surface area contributed by atoms with Gasteiger partial charge in [-0.25, -0.2) is 0 Å². The second-order valence-corrected chi connectivity index (χ2v) is 4.45. The molecule has 3 heteroatoms. The van der Waals surface area contributed by atoms with Crippen LogP contribution in [-0.2, 0) is 6.54 Å². The van der Waals surface area contributed by atoms with E-state index in [1.807, 2.05) is 18.5 Å². The van der Waals surface area contributed by atoms with Crippen LogP contribution in [0.5, 0.6) is 0 Å². The molecule has 1 aromatic heterocycles. The van der Waals surface area contributed by atoms with Crippen LogP contribution in [0, 0.1) is 6.92 Å². The standard InChI is InChI=1S/C12H13BrN2/c1-9-6-11(13)2-3-12(9)15-8-10-4-5-14-7-10/h2-7,14-15H,8H2,1H3. The second-order valence-electron chi connectivity index (χ2n) is 3.53. The molecule has 0 amide bonds. The van der Waals surface area contributed by atoms with E-state index in [2.05, 4.69) is 51.4 Å². The maximum absolute atomic E-state index is 3.45. The van der Waals surface area contributed by atoms with Crippen LogP contribution in [0.3, 0.4) is 0 Å². The van der Waals surface area contributed by atoms with Crippen molar-refractivity contribution < 1.29 is 0 Å². The van der Waals surface area contributed by atoms with Gasteiger partial charge in [0.15, 0.2) is 0 Å². The lowest BCUT2D eigenvalue weighted by Crippen LogP contribution is -1.99. The first-order valence-electron chi connectivity index (χ1n) is 4.87. The number of H-pyrrole nitrogens is 1. The lowest BCUT2D eigenvalue weighted by atomic mass is 10.2. The van der Waals surface area contributed by atoms with E-state index in [1.165, 1.54) is 16.8 Å². The van der Waals surface area contributed by atoms with Gasteiger partial charge < -0.3 is 10.3 Å². The maximum Gasteiger partial charge on any atom is 0.0415 e. The molecule has 0 spiro atoms. The Morgan fingerprint density at radius 1 is 1.33 bits per heavy atom. The van der Waals surface area contributed by atoms with Gasteiger partial charge in [0.2, 0.25) is 0 Å². The monoisotopic (exact) mass is 264 g/mol. The first kappa shape index (κ1) is 10.3. The summed E-state index contributed by atoms with van der Waals surface area (Å²) in [4.78, 5) is 3.04. The van der Waals surface area contributed by atoms with Crippen molar-refractivity contribution in [1.82, 2.24) is 4.98 Å². The summed E-state index contributed by atoms with van der Waals surface area (Å²) in [7, 11) is 0. The minimum Gasteiger partial charge on any atom is -0.381 e. The topological polar surface area (TPSA) is 27.8 Å². The fraction of sp³-hybridized carbons (Fsp3) is 0.167. The van der Waals surface area contributed by atoms with Crippen molar-refractivity contribution in [3.63, 3.8) is 0 Å². The Hall–Kier alpha value is -1.22. The van der Waals surface area contributed by atoms with Gasteiger partial charge in [0.1, 0.15) is 0 Å². The molecular formula is C12H13BrN2. The highest BCUT2D eigenvalue weighted by atomic mass is 79.9. The summed E-state index contributed by atoms with van der Waals surface area (Å²) in [6.45, 7) is 2.95. The summed E-state index contributed by atoms with van der Waals surface area (Å²) in [5.41, 5.74) is 3.69. The molecule has 0 aliphatic heterocycles. The van der Waals surface area contributed by atoms with Crippen LogP contribution in [0.15, 0.2) is 41.1 Å². The molecule has 78 valence electrons. The van der Waals surface area contributed by atoms with Crippen LogP contribution >= 0.6 is 15.9 Å². The molecule has 0 aliphatic carbocycles. The largest absolute Gasteiger partial charge is 0.381 e. The van der Waals surface area contributed by atoms with Crippen molar-refractivity contribution in [3.8, 4) is 0 Å². The Bertz CT molecular complexity index is 435. The molecule has 0 radical (unpaired) electrons. The molecule has 1 aromatic carbocycles. The minimum atomic E-state index is 0.853. The Morgan fingerprint density at radius 3 is 2.87 bits per heavy atom. The van der Waals surface area contributed by atoms with E-state index < -0.39 is 0 Å². The van der Waals surface area contributed by atoms with Crippen LogP contribution in [0.25, 0.3) is 0 Å². The molecule has 0 saturated carbocycles. The first-order valence-corrected chi connectivity index (χ1v) is 5.67. The number of anilines is 1. The van der Waals surface area contributed by atoms with Crippen LogP contribution in [0.2, 0.25) is 0 Å². The number of hydrogen-bond acceptors (Lipinski definition) is 1. The highest BCUT2D eigenvalue weighted by Crippen LogP contribution is 2.20. The van der Waals surface area contributed by atoms with Gasteiger partial charge in [-0.2, -0.15) is 0 Å². The molecule has 0 fully saturated rings. The molecule has 0 atom stereocenters. The summed E-state index contributed by atoms with van der Waals surface area (Å²) in [5.74, 6) is 0. The molecule has 2 aromatic rings. The Kier molecular flexibility index (Phi) is 3.11. The number of nitrogens with one attached hydrogen (secondary N) is 2. The molecular weight excluding hydrogens is 252 g/mol. The van der Waals surface area contributed by atoms with E-state index in [4.69, 9.17) is 0 Å². The predicted molar refractivity (Wildman–Crippen MR) is 67.0 cm³/mol. The van der Waals surface area contributed by atoms with Crippen molar-refractivity contribution in [2.75, 3.05) is 5.32 Å². The average molecular weight is 265 g/mol. The zero-order valence-corrected chi connectivity index (χ0v) is 10.1. The van der Waals surface area contributed by atoms with Crippen molar-refractivity contribution in [1.29, 1.82) is 0 Å². The Morgan fingerprint density at radius 2 is 2.20 bits per heavy atom. The van der Waals surface area contributed by atoms with E-state index >= 15 is 0 Å². The highest BCUT2D eigenvalue weighted by Gasteiger charge is 1.98. The van der Waals surface area contributed by atoms with Gasteiger partial charge in [-0.05, 0) is 42.3 Å². The minimum absolute atomic E-state index is 0.853. The van der Waals surface area contributed by atoms with Gasteiger partial charge in [0, 0.05) is 29.1 Å². The summed E-state index contributed by atoms with van der Waals surface area (Å²) < 4.78 is 1.12. The summed E-state index contributed by atoms with van der Waals surface area (Å²) in [5, 5.41) is 3.40. The van der Waals surface area contributed by atoms with Gasteiger partial charge in [-0.1, -0.05) is 15.9 Å². The lowest BCUT2D eigenvalue weighted by Gasteiger charge is -2.08. The predicted octanol–water partition coefficient (Wildman–Crippen LogP) is 3.70. The molecule has 0 bridgehead atoms. The SMILES string of the molecule is Cc1cc(Br)ccc1NCc1cc[nH]c1. The van der Waals surface area contributed by atoms with Gasteiger partial charge in [-0.3, -0.25) is 0 Å². The van der Waals surface area contributed by atoms with E-state index in [-0.39, 0.29) is 0 Å². The molecule has 0 saturated heterocycles. The van der Waals surface area contributed by atoms with Gasteiger partial charge in [0.05, 0.1) is 0 Å². The average Bonchev–Trinajstić information content (AvgIpc) is 2.69. The van der Waals surface area contributed by atoms with Crippen LogP contribution in [0.4, 0.5) is 5.69 Å². The lowest BCUT2D eigenvalue weighted by molar-refractivity contribution is 1.14. The zero-order valence-electron chi connectivity index (χ0n) is 8.55. The van der Waals surface area contributed by atoms with Gasteiger partial charge >= 0.3 is 0 Å². The summed E-state index contributed by atoms with van der Waals surface area (Å²) in [6.07, 6.45) is 3.94. The van der Waals surface area contributed by atoms with E-state index in [0.29, 0.717) is 0 Å². The highest BCUT2D eigenvalue weighted by molar-refractivity contribution is 9.10. The number of aromatic nitrogens is 1. The number of rotatable bonds is 3. The fourth-order valence-electron chi connectivity index (χ4n) is 1.49. The number of aryl methyl sites for hydroxylation is 1. The number of benzene rings is 1. The number of aromatic amines is 1. The van der Waals surface area contributed by atoms with Crippen molar-refractivity contribution >= 4 is 21.6 Å². The van der Waals surface area contributed by atoms with E-state index in [9.17, 15) is 0 Å². The molecule has 2 nitrogen and oxygen atoms in total.